The fourth-order valence-corrected chi connectivity index (χ4v) is 4.27. The molecule has 5 nitrogen and oxygen atoms in total. The van der Waals surface area contributed by atoms with Gasteiger partial charge in [0.25, 0.3) is 0 Å². The summed E-state index contributed by atoms with van der Waals surface area (Å²) in [5, 5.41) is 10.9. The maximum absolute atomic E-state index is 13.0. The van der Waals surface area contributed by atoms with Crippen molar-refractivity contribution in [3.8, 4) is 0 Å². The second-order valence-electron chi connectivity index (χ2n) is 8.49. The number of nitrogens with one attached hydrogen (secondary N) is 2. The summed E-state index contributed by atoms with van der Waals surface area (Å²) < 4.78 is 0. The van der Waals surface area contributed by atoms with Gasteiger partial charge in [0.05, 0.1) is 6.04 Å². The molecule has 0 saturated carbocycles. The fraction of sp³-hybridized carbons (Fsp3) is 0.455. The summed E-state index contributed by atoms with van der Waals surface area (Å²) in [6.45, 7) is 7.07. The molecular weight excluding hydrogens is 406 g/mol. The summed E-state index contributed by atoms with van der Waals surface area (Å²) in [7, 11) is 0. The number of hydrogen-bond acceptors (Lipinski definition) is 3. The highest BCUT2D eigenvalue weighted by molar-refractivity contribution is 7.08. The molecule has 2 heterocycles. The largest absolute Gasteiger partial charge is 0.345 e. The van der Waals surface area contributed by atoms with Crippen molar-refractivity contribution in [2.45, 2.75) is 45.2 Å². The molecule has 2 N–H and O–H groups in total. The predicted molar refractivity (Wildman–Crippen MR) is 118 cm³/mol. The van der Waals surface area contributed by atoms with Gasteiger partial charge >= 0.3 is 6.03 Å². The van der Waals surface area contributed by atoms with Gasteiger partial charge in [0.15, 0.2) is 0 Å². The zero-order valence-corrected chi connectivity index (χ0v) is 18.6. The molecule has 1 aliphatic rings. The van der Waals surface area contributed by atoms with E-state index in [4.69, 9.17) is 11.6 Å². The number of thiophene rings is 1. The molecule has 3 rings (SSSR count). The Morgan fingerprint density at radius 3 is 2.31 bits per heavy atom. The van der Waals surface area contributed by atoms with Crippen LogP contribution in [0.15, 0.2) is 41.1 Å². The van der Waals surface area contributed by atoms with Gasteiger partial charge in [-0.2, -0.15) is 11.3 Å². The van der Waals surface area contributed by atoms with Gasteiger partial charge in [0, 0.05) is 29.6 Å². The minimum absolute atomic E-state index is 0.0343. The molecule has 1 fully saturated rings. The smallest absolute Gasteiger partial charge is 0.317 e. The number of halogens is 1. The highest BCUT2D eigenvalue weighted by Gasteiger charge is 2.30. The third-order valence-corrected chi connectivity index (χ3v) is 5.95. The van der Waals surface area contributed by atoms with E-state index in [1.165, 1.54) is 0 Å². The Labute approximate surface area is 181 Å². The van der Waals surface area contributed by atoms with Crippen molar-refractivity contribution in [2.24, 2.45) is 5.92 Å². The van der Waals surface area contributed by atoms with Crippen LogP contribution in [-0.4, -0.2) is 35.5 Å². The second kappa shape index (κ2) is 9.18. The van der Waals surface area contributed by atoms with Crippen LogP contribution in [0.25, 0.3) is 0 Å². The second-order valence-corrected chi connectivity index (χ2v) is 9.71. The lowest BCUT2D eigenvalue weighted by Gasteiger charge is -2.34. The number of benzene rings is 1. The molecule has 7 heteroatoms. The van der Waals surface area contributed by atoms with Crippen LogP contribution >= 0.6 is 22.9 Å². The first-order valence-electron chi connectivity index (χ1n) is 9.88. The zero-order chi connectivity index (χ0) is 21.0. The van der Waals surface area contributed by atoms with E-state index in [1.54, 1.807) is 16.2 Å². The van der Waals surface area contributed by atoms with Gasteiger partial charge < -0.3 is 15.5 Å². The average Bonchev–Trinajstić information content (AvgIpc) is 3.20. The quantitative estimate of drug-likeness (QED) is 0.725. The molecule has 1 atom stereocenters. The maximum atomic E-state index is 13.0. The van der Waals surface area contributed by atoms with Crippen LogP contribution in [0.4, 0.5) is 4.79 Å². The monoisotopic (exact) mass is 433 g/mol. The minimum atomic E-state index is -0.266. The zero-order valence-electron chi connectivity index (χ0n) is 17.1. The molecular formula is C22H28ClN3O2S. The molecule has 0 aliphatic carbocycles. The standard InChI is InChI=1S/C22H28ClN3O2S/c1-22(2,3)25-21(28)26-11-8-16(9-12-26)20(27)24-19(17-10-13-29-14-17)15-4-6-18(23)7-5-15/h4-7,10,13-14,16,19H,8-9,11-12H2,1-3H3,(H,24,27)(H,25,28). The number of nitrogens with zero attached hydrogens (tertiary/aromatic N) is 1. The van der Waals surface area contributed by atoms with Crippen molar-refractivity contribution >= 4 is 34.9 Å². The molecule has 0 radical (unpaired) electrons. The Hall–Kier alpha value is -2.05. The molecule has 1 aromatic carbocycles. The van der Waals surface area contributed by atoms with Crippen molar-refractivity contribution in [3.05, 3.63) is 57.2 Å². The van der Waals surface area contributed by atoms with E-state index in [1.807, 2.05) is 56.5 Å². The van der Waals surface area contributed by atoms with E-state index in [0.717, 1.165) is 11.1 Å². The summed E-state index contributed by atoms with van der Waals surface area (Å²) in [5.74, 6) is -0.0610. The molecule has 2 aromatic rings. The number of hydrogen-bond donors (Lipinski definition) is 2. The Bertz CT molecular complexity index is 823. The van der Waals surface area contributed by atoms with E-state index >= 15 is 0 Å². The molecule has 3 amide bonds. The highest BCUT2D eigenvalue weighted by Crippen LogP contribution is 2.27. The summed E-state index contributed by atoms with van der Waals surface area (Å²) in [6, 6.07) is 9.35. The van der Waals surface area contributed by atoms with Crippen LogP contribution in [-0.2, 0) is 4.79 Å². The van der Waals surface area contributed by atoms with Crippen molar-refractivity contribution in [3.63, 3.8) is 0 Å². The molecule has 0 bridgehead atoms. The van der Waals surface area contributed by atoms with Crippen molar-refractivity contribution in [1.29, 1.82) is 0 Å². The topological polar surface area (TPSA) is 61.4 Å². The number of amides is 3. The predicted octanol–water partition coefficient (Wildman–Crippen LogP) is 4.83. The molecule has 156 valence electrons. The van der Waals surface area contributed by atoms with E-state index in [0.29, 0.717) is 31.0 Å². The molecule has 1 saturated heterocycles. The van der Waals surface area contributed by atoms with Crippen LogP contribution in [0.1, 0.15) is 50.8 Å². The number of rotatable bonds is 4. The Morgan fingerprint density at radius 2 is 1.76 bits per heavy atom. The summed E-state index contributed by atoms with van der Waals surface area (Å²) >= 11 is 7.63. The van der Waals surface area contributed by atoms with Crippen LogP contribution < -0.4 is 10.6 Å². The number of likely N-dealkylation sites (tertiary alicyclic amines) is 1. The normalized spacial score (nSPS) is 16.3. The number of urea groups is 1. The molecule has 1 aromatic heterocycles. The van der Waals surface area contributed by atoms with E-state index in [-0.39, 0.29) is 29.4 Å². The Morgan fingerprint density at radius 1 is 1.10 bits per heavy atom. The van der Waals surface area contributed by atoms with Crippen molar-refractivity contribution < 1.29 is 9.59 Å². The highest BCUT2D eigenvalue weighted by atomic mass is 35.5. The molecule has 1 unspecified atom stereocenters. The molecule has 1 aliphatic heterocycles. The van der Waals surface area contributed by atoms with Gasteiger partial charge in [-0.3, -0.25) is 4.79 Å². The van der Waals surface area contributed by atoms with Gasteiger partial charge in [0.1, 0.15) is 0 Å². The first kappa shape index (κ1) is 21.7. The maximum Gasteiger partial charge on any atom is 0.317 e. The minimum Gasteiger partial charge on any atom is -0.345 e. The third-order valence-electron chi connectivity index (χ3n) is 5.00. The van der Waals surface area contributed by atoms with E-state index in [9.17, 15) is 9.59 Å². The Balaban J connectivity index is 1.62. The average molecular weight is 434 g/mol. The summed E-state index contributed by atoms with van der Waals surface area (Å²) in [4.78, 5) is 27.1. The summed E-state index contributed by atoms with van der Waals surface area (Å²) in [6.07, 6.45) is 1.33. The first-order chi connectivity index (χ1) is 13.7. The third kappa shape index (κ3) is 5.97. The Kier molecular flexibility index (Phi) is 6.85. The van der Waals surface area contributed by atoms with Crippen LogP contribution in [0.3, 0.4) is 0 Å². The number of carbonyl (C=O) groups is 2. The number of piperidine rings is 1. The van der Waals surface area contributed by atoms with Crippen LogP contribution in [0.5, 0.6) is 0 Å². The lowest BCUT2D eigenvalue weighted by atomic mass is 9.94. The van der Waals surface area contributed by atoms with Crippen molar-refractivity contribution in [2.75, 3.05) is 13.1 Å². The van der Waals surface area contributed by atoms with E-state index in [2.05, 4.69) is 16.0 Å². The summed E-state index contributed by atoms with van der Waals surface area (Å²) in [5.41, 5.74) is 1.80. The first-order valence-corrected chi connectivity index (χ1v) is 11.2. The van der Waals surface area contributed by atoms with Crippen molar-refractivity contribution in [1.82, 2.24) is 15.5 Å². The van der Waals surface area contributed by atoms with Gasteiger partial charge in [-0.05, 0) is 73.7 Å². The SMILES string of the molecule is CC(C)(C)NC(=O)N1CCC(C(=O)NC(c2ccc(Cl)cc2)c2ccsc2)CC1. The van der Waals surface area contributed by atoms with Gasteiger partial charge in [0.2, 0.25) is 5.91 Å². The number of carbonyl (C=O) groups excluding carboxylic acids is 2. The van der Waals surface area contributed by atoms with Gasteiger partial charge in [-0.25, -0.2) is 4.79 Å². The van der Waals surface area contributed by atoms with Gasteiger partial charge in [-0.1, -0.05) is 23.7 Å². The van der Waals surface area contributed by atoms with Gasteiger partial charge in [-0.15, -0.1) is 0 Å². The molecule has 0 spiro atoms. The lowest BCUT2D eigenvalue weighted by Crippen LogP contribution is -2.51. The lowest BCUT2D eigenvalue weighted by molar-refractivity contribution is -0.126. The molecule has 29 heavy (non-hydrogen) atoms. The van der Waals surface area contributed by atoms with Crippen LogP contribution in [0, 0.1) is 5.92 Å². The van der Waals surface area contributed by atoms with Crippen LogP contribution in [0.2, 0.25) is 5.02 Å². The fourth-order valence-electron chi connectivity index (χ4n) is 3.46. The van der Waals surface area contributed by atoms with E-state index < -0.39 is 0 Å².